The van der Waals surface area contributed by atoms with Gasteiger partial charge in [-0.1, -0.05) is 22.0 Å². The molecule has 1 aliphatic heterocycles. The van der Waals surface area contributed by atoms with Gasteiger partial charge in [-0.3, -0.25) is 14.8 Å². The first-order valence-corrected chi connectivity index (χ1v) is 8.58. The lowest BCUT2D eigenvalue weighted by Gasteiger charge is -2.12. The number of methoxy groups -OCH3 is 1. The van der Waals surface area contributed by atoms with E-state index in [9.17, 15) is 4.79 Å². The third-order valence-corrected chi connectivity index (χ3v) is 4.34. The number of aromatic nitrogens is 1. The molecule has 2 aromatic rings. The summed E-state index contributed by atoms with van der Waals surface area (Å²) < 4.78 is 5.62. The van der Waals surface area contributed by atoms with Crippen molar-refractivity contribution >= 4 is 39.1 Å². The molecule has 25 heavy (non-hydrogen) atoms. The van der Waals surface area contributed by atoms with E-state index < -0.39 is 6.04 Å². The number of amidine groups is 1. The van der Waals surface area contributed by atoms with Crippen molar-refractivity contribution in [3.8, 4) is 0 Å². The Labute approximate surface area is 154 Å². The van der Waals surface area contributed by atoms with Gasteiger partial charge in [-0.25, -0.2) is 4.99 Å². The number of ether oxygens (including phenoxy) is 1. The molecule has 3 rings (SSSR count). The number of esters is 1. The molecule has 2 N–H and O–H groups in total. The maximum Gasteiger partial charge on any atom is 0.305 e. The Morgan fingerprint density at radius 3 is 2.88 bits per heavy atom. The van der Waals surface area contributed by atoms with Crippen LogP contribution in [-0.2, 0) is 9.53 Å². The molecule has 6 nitrogen and oxygen atoms in total. The summed E-state index contributed by atoms with van der Waals surface area (Å²) in [6.07, 6.45) is 2.36. The van der Waals surface area contributed by atoms with E-state index in [0.717, 1.165) is 21.4 Å². The van der Waals surface area contributed by atoms with E-state index >= 15 is 0 Å². The summed E-state index contributed by atoms with van der Waals surface area (Å²) in [4.78, 5) is 25.2. The first kappa shape index (κ1) is 17.3. The maximum atomic E-state index is 11.5. The van der Waals surface area contributed by atoms with Crippen LogP contribution >= 0.6 is 15.9 Å². The molecule has 0 fully saturated rings. The number of hydrogen-bond donors (Lipinski definition) is 1. The van der Waals surface area contributed by atoms with E-state index in [4.69, 9.17) is 15.5 Å². The average Bonchev–Trinajstić information content (AvgIpc) is 2.76. The zero-order valence-electron chi connectivity index (χ0n) is 13.6. The Bertz CT molecular complexity index is 849. The van der Waals surface area contributed by atoms with E-state index in [2.05, 4.69) is 25.9 Å². The fourth-order valence-corrected chi connectivity index (χ4v) is 2.94. The van der Waals surface area contributed by atoms with E-state index in [0.29, 0.717) is 18.0 Å². The van der Waals surface area contributed by atoms with E-state index in [1.165, 1.54) is 7.11 Å². The van der Waals surface area contributed by atoms with Gasteiger partial charge < -0.3 is 10.5 Å². The van der Waals surface area contributed by atoms with E-state index in [-0.39, 0.29) is 12.4 Å². The smallest absolute Gasteiger partial charge is 0.305 e. The monoisotopic (exact) mass is 400 g/mol. The number of rotatable bonds is 4. The second-order valence-corrected chi connectivity index (χ2v) is 6.44. The van der Waals surface area contributed by atoms with Crippen LogP contribution in [0.1, 0.15) is 24.1 Å². The summed E-state index contributed by atoms with van der Waals surface area (Å²) in [6, 6.07) is 11.0. The normalized spacial score (nSPS) is 16.3. The number of pyridine rings is 1. The predicted octanol–water partition coefficient (Wildman–Crippen LogP) is 3.01. The van der Waals surface area contributed by atoms with Crippen LogP contribution in [0.4, 0.5) is 5.69 Å². The summed E-state index contributed by atoms with van der Waals surface area (Å²) in [7, 11) is 1.36. The van der Waals surface area contributed by atoms with Crippen LogP contribution in [0.25, 0.3) is 0 Å². The number of nitrogens with two attached hydrogens (primary N) is 1. The van der Waals surface area contributed by atoms with Crippen molar-refractivity contribution in [3.05, 3.63) is 58.3 Å². The number of aliphatic imine (C=N–C) groups is 2. The predicted molar refractivity (Wildman–Crippen MR) is 100 cm³/mol. The Hall–Kier alpha value is -2.54. The Morgan fingerprint density at radius 2 is 2.16 bits per heavy atom. The van der Waals surface area contributed by atoms with Crippen LogP contribution in [0.5, 0.6) is 0 Å². The molecule has 0 bridgehead atoms. The quantitative estimate of drug-likeness (QED) is 0.798. The molecule has 2 heterocycles. The zero-order valence-corrected chi connectivity index (χ0v) is 15.2. The van der Waals surface area contributed by atoms with Crippen molar-refractivity contribution in [2.45, 2.75) is 18.9 Å². The van der Waals surface area contributed by atoms with Crippen LogP contribution in [0.15, 0.2) is 57.1 Å². The van der Waals surface area contributed by atoms with Crippen LogP contribution in [0, 0.1) is 0 Å². The summed E-state index contributed by atoms with van der Waals surface area (Å²) in [5.74, 6) is 0.0744. The minimum absolute atomic E-state index is 0.219. The van der Waals surface area contributed by atoms with Gasteiger partial charge in [0.1, 0.15) is 11.9 Å². The number of fused-ring (bicyclic) bond motifs is 1. The van der Waals surface area contributed by atoms with Gasteiger partial charge in [-0.2, -0.15) is 0 Å². The van der Waals surface area contributed by atoms with Gasteiger partial charge in [0.15, 0.2) is 0 Å². The van der Waals surface area contributed by atoms with Gasteiger partial charge >= 0.3 is 5.97 Å². The highest BCUT2D eigenvalue weighted by Gasteiger charge is 2.23. The number of benzene rings is 1. The number of carbonyl (C=O) groups excluding carboxylic acids is 1. The molecule has 0 saturated heterocycles. The fraction of sp³-hybridized carbons (Fsp3) is 0.222. The van der Waals surface area contributed by atoms with Crippen molar-refractivity contribution in [3.63, 3.8) is 0 Å². The number of halogens is 1. The van der Waals surface area contributed by atoms with Gasteiger partial charge in [0, 0.05) is 22.7 Å². The van der Waals surface area contributed by atoms with Gasteiger partial charge in [0.2, 0.25) is 0 Å². The molecular weight excluding hydrogens is 384 g/mol. The third-order valence-electron chi connectivity index (χ3n) is 3.85. The van der Waals surface area contributed by atoms with E-state index in [1.807, 2.05) is 36.4 Å². The first-order chi connectivity index (χ1) is 12.1. The Morgan fingerprint density at radius 1 is 1.32 bits per heavy atom. The molecule has 0 aliphatic carbocycles. The van der Waals surface area contributed by atoms with Crippen molar-refractivity contribution in [2.24, 2.45) is 15.7 Å². The van der Waals surface area contributed by atoms with Crippen LogP contribution < -0.4 is 5.73 Å². The van der Waals surface area contributed by atoms with E-state index in [1.54, 1.807) is 6.20 Å². The molecule has 1 atom stereocenters. The first-order valence-electron chi connectivity index (χ1n) is 7.78. The van der Waals surface area contributed by atoms with Crippen molar-refractivity contribution in [2.75, 3.05) is 7.11 Å². The molecule has 0 saturated carbocycles. The fourth-order valence-electron chi connectivity index (χ4n) is 2.58. The van der Waals surface area contributed by atoms with Crippen LogP contribution in [0.3, 0.4) is 0 Å². The van der Waals surface area contributed by atoms with Crippen molar-refractivity contribution in [1.82, 2.24) is 4.98 Å². The second kappa shape index (κ2) is 7.57. The third kappa shape index (κ3) is 3.93. The second-order valence-electron chi connectivity index (χ2n) is 5.52. The number of nitrogens with zero attached hydrogens (tertiary/aromatic N) is 3. The highest BCUT2D eigenvalue weighted by atomic mass is 79.9. The number of hydrogen-bond acceptors (Lipinski definition) is 6. The highest BCUT2D eigenvalue weighted by molar-refractivity contribution is 9.10. The zero-order chi connectivity index (χ0) is 17.8. The van der Waals surface area contributed by atoms with Crippen LogP contribution in [-0.4, -0.2) is 35.7 Å². The molecular formula is C18H17BrN4O2. The topological polar surface area (TPSA) is 89.9 Å². The lowest BCUT2D eigenvalue weighted by Crippen LogP contribution is -2.28. The van der Waals surface area contributed by atoms with Crippen LogP contribution in [0.2, 0.25) is 0 Å². The van der Waals surface area contributed by atoms with Crippen molar-refractivity contribution in [1.29, 1.82) is 0 Å². The minimum atomic E-state index is -0.415. The van der Waals surface area contributed by atoms with Gasteiger partial charge in [-0.15, -0.1) is 0 Å². The summed E-state index contributed by atoms with van der Waals surface area (Å²) in [5, 5.41) is 0. The lowest BCUT2D eigenvalue weighted by atomic mass is 10.0. The molecule has 1 aromatic carbocycles. The Kier molecular flexibility index (Phi) is 5.23. The van der Waals surface area contributed by atoms with Crippen molar-refractivity contribution < 1.29 is 9.53 Å². The molecule has 0 radical (unpaired) electrons. The highest BCUT2D eigenvalue weighted by Crippen LogP contribution is 2.29. The largest absolute Gasteiger partial charge is 0.469 e. The number of carbonyl (C=O) groups is 1. The summed E-state index contributed by atoms with van der Waals surface area (Å²) in [5.41, 5.74) is 9.17. The summed E-state index contributed by atoms with van der Waals surface area (Å²) >= 11 is 3.49. The molecule has 1 aliphatic rings. The molecule has 0 unspecified atom stereocenters. The van der Waals surface area contributed by atoms with Gasteiger partial charge in [-0.05, 0) is 36.8 Å². The SMILES string of the molecule is COC(=O)CC[C@@H]1N=C(c2ccccn2)c2cc(Br)ccc2N=C1N. The van der Waals surface area contributed by atoms with Gasteiger partial charge in [0.05, 0.1) is 24.2 Å². The maximum absolute atomic E-state index is 11.5. The standard InChI is InChI=1S/C18H17BrN4O2/c1-25-16(24)8-7-15-18(20)23-13-6-5-11(19)10-12(13)17(22-15)14-4-2-3-9-21-14/h2-6,9-10,15H,7-8H2,1H3,(H2,20,23)/t15-/m0/s1. The molecule has 7 heteroatoms. The minimum Gasteiger partial charge on any atom is -0.469 e. The molecule has 128 valence electrons. The van der Waals surface area contributed by atoms with Gasteiger partial charge in [0.25, 0.3) is 0 Å². The summed E-state index contributed by atoms with van der Waals surface area (Å²) in [6.45, 7) is 0. The average molecular weight is 401 g/mol. The molecule has 1 aromatic heterocycles. The molecule has 0 spiro atoms. The molecule has 0 amide bonds. The lowest BCUT2D eigenvalue weighted by molar-refractivity contribution is -0.140. The Balaban J connectivity index is 2.08.